The zero-order valence-electron chi connectivity index (χ0n) is 9.05. The van der Waals surface area contributed by atoms with Crippen LogP contribution < -0.4 is 5.43 Å². The second-order valence-electron chi connectivity index (χ2n) is 3.29. The summed E-state index contributed by atoms with van der Waals surface area (Å²) in [5.41, 5.74) is 3.96. The molecule has 18 heavy (non-hydrogen) atoms. The number of hydrogen-bond donors (Lipinski definition) is 1. The summed E-state index contributed by atoms with van der Waals surface area (Å²) >= 11 is 3.44. The van der Waals surface area contributed by atoms with E-state index in [4.69, 9.17) is 10.5 Å². The van der Waals surface area contributed by atoms with Gasteiger partial charge in [-0.05, 0) is 34.1 Å². The highest BCUT2D eigenvalue weighted by Gasteiger charge is 2.05. The van der Waals surface area contributed by atoms with Gasteiger partial charge in [0, 0.05) is 11.6 Å². The Kier molecular flexibility index (Phi) is 3.52. The largest absolute Gasteiger partial charge is 0.275 e. The summed E-state index contributed by atoms with van der Waals surface area (Å²) in [5.74, 6) is 0. The van der Waals surface area contributed by atoms with Gasteiger partial charge < -0.3 is 0 Å². The van der Waals surface area contributed by atoms with Crippen molar-refractivity contribution >= 4 is 38.2 Å². The van der Waals surface area contributed by atoms with Crippen molar-refractivity contribution in [2.45, 2.75) is 0 Å². The molecule has 1 heterocycles. The Morgan fingerprint density at radius 1 is 1.28 bits per heavy atom. The quantitative estimate of drug-likeness (QED) is 0.682. The van der Waals surface area contributed by atoms with Gasteiger partial charge in [-0.15, -0.1) is 0 Å². The number of benzene rings is 1. The van der Waals surface area contributed by atoms with Gasteiger partial charge in [0.15, 0.2) is 0 Å². The van der Waals surface area contributed by atoms with Crippen molar-refractivity contribution in [2.75, 3.05) is 5.43 Å². The average Bonchev–Trinajstić information content (AvgIpc) is 2.42. The van der Waals surface area contributed by atoms with Crippen molar-refractivity contribution in [1.82, 2.24) is 4.98 Å². The molecule has 1 aromatic carbocycles. The van der Waals surface area contributed by atoms with Crippen LogP contribution in [-0.2, 0) is 0 Å². The molecule has 0 radical (unpaired) electrons. The van der Waals surface area contributed by atoms with Crippen LogP contribution in [0.3, 0.4) is 0 Å². The molecule has 0 aliphatic heterocycles. The van der Waals surface area contributed by atoms with E-state index in [0.717, 1.165) is 15.4 Å². The summed E-state index contributed by atoms with van der Waals surface area (Å²) in [7, 11) is 0. The molecule has 1 N–H and O–H groups in total. The van der Waals surface area contributed by atoms with E-state index in [1.807, 2.05) is 18.2 Å². The molecule has 0 amide bonds. The molecule has 5 nitrogen and oxygen atoms in total. The molecule has 0 bridgehead atoms. The van der Waals surface area contributed by atoms with Crippen molar-refractivity contribution < 1.29 is 0 Å². The number of aromatic nitrogens is 1. The van der Waals surface area contributed by atoms with Crippen LogP contribution in [0.15, 0.2) is 40.0 Å². The molecule has 1 aromatic heterocycles. The van der Waals surface area contributed by atoms with Gasteiger partial charge in [0.1, 0.15) is 12.1 Å². The highest BCUT2D eigenvalue weighted by atomic mass is 79.9. The van der Waals surface area contributed by atoms with Gasteiger partial charge >= 0.3 is 0 Å². The Morgan fingerprint density at radius 2 is 2.06 bits per heavy atom. The Hall–Kier alpha value is -2.44. The number of nitrogens with zero attached hydrogens (tertiary/aromatic N) is 4. The maximum Gasteiger partial charge on any atom is 0.237 e. The van der Waals surface area contributed by atoms with Gasteiger partial charge in [-0.3, -0.25) is 10.4 Å². The van der Waals surface area contributed by atoms with E-state index in [-0.39, 0.29) is 5.71 Å². The molecule has 0 saturated heterocycles. The minimum atomic E-state index is -0.229. The van der Waals surface area contributed by atoms with Crippen LogP contribution in [0.2, 0.25) is 0 Å². The van der Waals surface area contributed by atoms with E-state index in [1.165, 1.54) is 0 Å². The lowest BCUT2D eigenvalue weighted by molar-refractivity contribution is 1.33. The van der Waals surface area contributed by atoms with Crippen molar-refractivity contribution in [1.29, 1.82) is 10.5 Å². The number of halogens is 1. The van der Waals surface area contributed by atoms with Crippen LogP contribution in [0.25, 0.3) is 10.9 Å². The molecule has 0 saturated carbocycles. The van der Waals surface area contributed by atoms with Crippen molar-refractivity contribution in [3.05, 3.63) is 34.9 Å². The summed E-state index contributed by atoms with van der Waals surface area (Å²) in [6.07, 6.45) is 1.71. The summed E-state index contributed by atoms with van der Waals surface area (Å²) in [5, 5.41) is 21.8. The van der Waals surface area contributed by atoms with Crippen LogP contribution in [-0.4, -0.2) is 10.7 Å². The lowest BCUT2D eigenvalue weighted by atomic mass is 10.2. The van der Waals surface area contributed by atoms with Crippen LogP contribution in [0, 0.1) is 22.7 Å². The summed E-state index contributed by atoms with van der Waals surface area (Å²) in [4.78, 5) is 4.21. The van der Waals surface area contributed by atoms with E-state index in [2.05, 4.69) is 31.4 Å². The fourth-order valence-corrected chi connectivity index (χ4v) is 1.95. The zero-order valence-corrected chi connectivity index (χ0v) is 10.6. The standard InChI is InChI=1S/C12H6BrN5/c13-12-9-2-1-5-16-10(9)3-4-11(12)18-17-8(6-14)7-15/h1-5,18H. The molecule has 0 fully saturated rings. The van der Waals surface area contributed by atoms with Gasteiger partial charge in [-0.2, -0.15) is 15.6 Å². The van der Waals surface area contributed by atoms with Gasteiger partial charge in [-0.1, -0.05) is 6.07 Å². The van der Waals surface area contributed by atoms with Gasteiger partial charge in [0.25, 0.3) is 0 Å². The highest BCUT2D eigenvalue weighted by molar-refractivity contribution is 9.10. The number of fused-ring (bicyclic) bond motifs is 1. The SMILES string of the molecule is N#CC(C#N)=NNc1ccc2ncccc2c1Br. The van der Waals surface area contributed by atoms with E-state index < -0.39 is 0 Å². The van der Waals surface area contributed by atoms with Crippen LogP contribution in [0.5, 0.6) is 0 Å². The first kappa shape index (κ1) is 12.0. The minimum absolute atomic E-state index is 0.229. The Morgan fingerprint density at radius 3 is 2.78 bits per heavy atom. The van der Waals surface area contributed by atoms with Crippen LogP contribution in [0.1, 0.15) is 0 Å². The topological polar surface area (TPSA) is 84.9 Å². The lowest BCUT2D eigenvalue weighted by Crippen LogP contribution is -1.97. The minimum Gasteiger partial charge on any atom is -0.275 e. The molecule has 0 aliphatic carbocycles. The molecular formula is C12H6BrN5. The first-order chi connectivity index (χ1) is 8.76. The molecule has 0 unspecified atom stereocenters. The number of nitriles is 2. The molecule has 6 heteroatoms. The number of pyridine rings is 1. The number of hydrazone groups is 1. The third-order valence-corrected chi connectivity index (χ3v) is 3.07. The first-order valence-electron chi connectivity index (χ1n) is 4.93. The van der Waals surface area contributed by atoms with Crippen molar-refractivity contribution in [2.24, 2.45) is 5.10 Å². The lowest BCUT2D eigenvalue weighted by Gasteiger charge is -2.06. The predicted octanol–water partition coefficient (Wildman–Crippen LogP) is 2.81. The predicted molar refractivity (Wildman–Crippen MR) is 71.7 cm³/mol. The van der Waals surface area contributed by atoms with E-state index in [9.17, 15) is 0 Å². The zero-order chi connectivity index (χ0) is 13.0. The molecule has 0 spiro atoms. The van der Waals surface area contributed by atoms with Crippen molar-refractivity contribution in [3.8, 4) is 12.1 Å². The van der Waals surface area contributed by atoms with E-state index >= 15 is 0 Å². The molecule has 2 rings (SSSR count). The monoisotopic (exact) mass is 299 g/mol. The molecule has 2 aromatic rings. The van der Waals surface area contributed by atoms with Crippen LogP contribution >= 0.6 is 15.9 Å². The Balaban J connectivity index is 2.42. The Bertz CT molecular complexity index is 692. The molecule has 0 atom stereocenters. The maximum atomic E-state index is 8.58. The first-order valence-corrected chi connectivity index (χ1v) is 5.72. The number of anilines is 1. The maximum absolute atomic E-state index is 8.58. The summed E-state index contributed by atoms with van der Waals surface area (Å²) < 4.78 is 0.784. The molecular weight excluding hydrogens is 294 g/mol. The van der Waals surface area contributed by atoms with Crippen LogP contribution in [0.4, 0.5) is 5.69 Å². The van der Waals surface area contributed by atoms with Crippen molar-refractivity contribution in [3.63, 3.8) is 0 Å². The second kappa shape index (κ2) is 5.26. The number of hydrogen-bond acceptors (Lipinski definition) is 5. The average molecular weight is 300 g/mol. The second-order valence-corrected chi connectivity index (χ2v) is 4.09. The van der Waals surface area contributed by atoms with Gasteiger partial charge in [0.2, 0.25) is 5.71 Å². The van der Waals surface area contributed by atoms with E-state index in [0.29, 0.717) is 5.69 Å². The van der Waals surface area contributed by atoms with E-state index in [1.54, 1.807) is 24.4 Å². The normalized spacial score (nSPS) is 9.28. The fraction of sp³-hybridized carbons (Fsp3) is 0. The Labute approximate surface area is 111 Å². The third kappa shape index (κ3) is 2.29. The number of rotatable bonds is 2. The van der Waals surface area contributed by atoms with Gasteiger partial charge in [0.05, 0.1) is 15.7 Å². The smallest absolute Gasteiger partial charge is 0.237 e. The molecule has 86 valence electrons. The molecule has 0 aliphatic rings. The van der Waals surface area contributed by atoms with Gasteiger partial charge in [-0.25, -0.2) is 0 Å². The summed E-state index contributed by atoms with van der Waals surface area (Å²) in [6.45, 7) is 0. The summed E-state index contributed by atoms with van der Waals surface area (Å²) in [6, 6.07) is 10.7. The highest BCUT2D eigenvalue weighted by Crippen LogP contribution is 2.30. The number of nitrogens with one attached hydrogen (secondary N) is 1. The third-order valence-electron chi connectivity index (χ3n) is 2.22. The fourth-order valence-electron chi connectivity index (χ4n) is 1.39.